The summed E-state index contributed by atoms with van der Waals surface area (Å²) >= 11 is 0. The van der Waals surface area contributed by atoms with Crippen molar-refractivity contribution >= 4 is 11.5 Å². The number of hydrogen-bond acceptors (Lipinski definition) is 3. The van der Waals surface area contributed by atoms with Crippen LogP contribution in [0.15, 0.2) is 18.3 Å². The van der Waals surface area contributed by atoms with Crippen molar-refractivity contribution in [2.45, 2.75) is 19.5 Å². The molecule has 16 heavy (non-hydrogen) atoms. The summed E-state index contributed by atoms with van der Waals surface area (Å²) in [5, 5.41) is 0. The number of nitrogens with two attached hydrogens (primary N) is 1. The average molecular weight is 233 g/mol. The van der Waals surface area contributed by atoms with Gasteiger partial charge in [-0.2, -0.15) is 13.2 Å². The van der Waals surface area contributed by atoms with E-state index in [-0.39, 0.29) is 5.82 Å². The maximum atomic E-state index is 12.3. The molecule has 0 unspecified atom stereocenters. The van der Waals surface area contributed by atoms with Gasteiger partial charge in [0.05, 0.1) is 0 Å². The number of hydrogen-bond donors (Lipinski definition) is 1. The molecule has 0 fully saturated rings. The first-order chi connectivity index (χ1) is 7.42. The smallest absolute Gasteiger partial charge is 0.384 e. The molecule has 0 saturated heterocycles. The van der Waals surface area contributed by atoms with Crippen LogP contribution in [0.3, 0.4) is 0 Å². The molecule has 2 N–H and O–H groups in total. The van der Waals surface area contributed by atoms with Gasteiger partial charge in [0.25, 0.3) is 0 Å². The van der Waals surface area contributed by atoms with Crippen LogP contribution in [-0.2, 0) is 0 Å². The Morgan fingerprint density at radius 3 is 2.62 bits per heavy atom. The standard InChI is InChI=1S/C10H14F3N3/c1-2-5-16(7-10(11,12)13)8-3-4-15-9(14)6-8/h3-4,6H,2,5,7H2,1H3,(H2,14,15). The van der Waals surface area contributed by atoms with Gasteiger partial charge in [0.1, 0.15) is 12.4 Å². The molecule has 90 valence electrons. The van der Waals surface area contributed by atoms with Crippen LogP contribution < -0.4 is 10.6 Å². The number of anilines is 2. The summed E-state index contributed by atoms with van der Waals surface area (Å²) in [7, 11) is 0. The summed E-state index contributed by atoms with van der Waals surface area (Å²) in [5.74, 6) is 0.223. The largest absolute Gasteiger partial charge is 0.405 e. The number of nitrogen functional groups attached to an aromatic ring is 1. The summed E-state index contributed by atoms with van der Waals surface area (Å²) in [5.41, 5.74) is 5.89. The highest BCUT2D eigenvalue weighted by Gasteiger charge is 2.30. The second-order valence-electron chi connectivity index (χ2n) is 3.48. The highest BCUT2D eigenvalue weighted by molar-refractivity contribution is 5.52. The van der Waals surface area contributed by atoms with Gasteiger partial charge in [-0.15, -0.1) is 0 Å². The topological polar surface area (TPSA) is 42.2 Å². The van der Waals surface area contributed by atoms with Gasteiger partial charge < -0.3 is 10.6 Å². The third kappa shape index (κ3) is 3.96. The third-order valence-electron chi connectivity index (χ3n) is 1.99. The minimum Gasteiger partial charge on any atom is -0.384 e. The van der Waals surface area contributed by atoms with Crippen LogP contribution in [0, 0.1) is 0 Å². The maximum absolute atomic E-state index is 12.3. The molecule has 3 nitrogen and oxygen atoms in total. The normalized spacial score (nSPS) is 11.5. The van der Waals surface area contributed by atoms with Gasteiger partial charge in [-0.1, -0.05) is 6.92 Å². The minimum atomic E-state index is -4.22. The fourth-order valence-corrected chi connectivity index (χ4v) is 1.42. The van der Waals surface area contributed by atoms with Crippen molar-refractivity contribution in [2.75, 3.05) is 23.7 Å². The van der Waals surface area contributed by atoms with E-state index >= 15 is 0 Å². The lowest BCUT2D eigenvalue weighted by Gasteiger charge is -2.25. The molecule has 0 saturated carbocycles. The van der Waals surface area contributed by atoms with E-state index in [1.165, 1.54) is 23.2 Å². The maximum Gasteiger partial charge on any atom is 0.405 e. The van der Waals surface area contributed by atoms with E-state index in [2.05, 4.69) is 4.98 Å². The monoisotopic (exact) mass is 233 g/mol. The molecule has 0 aliphatic rings. The molecule has 1 rings (SSSR count). The van der Waals surface area contributed by atoms with Crippen LogP contribution >= 0.6 is 0 Å². The van der Waals surface area contributed by atoms with Crippen LogP contribution in [-0.4, -0.2) is 24.2 Å². The molecule has 0 amide bonds. The first-order valence-corrected chi connectivity index (χ1v) is 4.95. The Hall–Kier alpha value is -1.46. The average Bonchev–Trinajstić information content (AvgIpc) is 2.15. The summed E-state index contributed by atoms with van der Waals surface area (Å²) in [4.78, 5) is 5.00. The SMILES string of the molecule is CCCN(CC(F)(F)F)c1ccnc(N)c1. The van der Waals surface area contributed by atoms with Crippen LogP contribution in [0.5, 0.6) is 0 Å². The van der Waals surface area contributed by atoms with Gasteiger partial charge >= 0.3 is 6.18 Å². The summed E-state index contributed by atoms with van der Waals surface area (Å²) in [6.45, 7) is 1.20. The number of halogens is 3. The fraction of sp³-hybridized carbons (Fsp3) is 0.500. The number of nitrogens with zero attached hydrogens (tertiary/aromatic N) is 2. The first kappa shape index (κ1) is 12.6. The molecular weight excluding hydrogens is 219 g/mol. The van der Waals surface area contributed by atoms with Crippen molar-refractivity contribution in [3.63, 3.8) is 0 Å². The predicted molar refractivity (Wildman–Crippen MR) is 57.2 cm³/mol. The molecule has 1 aromatic heterocycles. The minimum absolute atomic E-state index is 0.223. The predicted octanol–water partition coefficient (Wildman–Crippen LogP) is 2.44. The van der Waals surface area contributed by atoms with Gasteiger partial charge in [-0.25, -0.2) is 4.98 Å². The Morgan fingerprint density at radius 2 is 2.12 bits per heavy atom. The molecule has 0 bridgehead atoms. The van der Waals surface area contributed by atoms with Crippen LogP contribution in [0.25, 0.3) is 0 Å². The van der Waals surface area contributed by atoms with Crippen molar-refractivity contribution in [3.8, 4) is 0 Å². The van der Waals surface area contributed by atoms with E-state index in [1.807, 2.05) is 6.92 Å². The van der Waals surface area contributed by atoms with Crippen molar-refractivity contribution in [3.05, 3.63) is 18.3 Å². The van der Waals surface area contributed by atoms with Crippen LogP contribution in [0.4, 0.5) is 24.7 Å². The second kappa shape index (κ2) is 5.05. The van der Waals surface area contributed by atoms with Crippen molar-refractivity contribution in [2.24, 2.45) is 0 Å². The number of aromatic nitrogens is 1. The van der Waals surface area contributed by atoms with E-state index < -0.39 is 12.7 Å². The summed E-state index contributed by atoms with van der Waals surface area (Å²) in [6.07, 6.45) is -2.17. The quantitative estimate of drug-likeness (QED) is 0.868. The Morgan fingerprint density at radius 1 is 1.44 bits per heavy atom. The van der Waals surface area contributed by atoms with Gasteiger partial charge in [0.2, 0.25) is 0 Å². The summed E-state index contributed by atoms with van der Waals surface area (Å²) in [6, 6.07) is 2.97. The Kier molecular flexibility index (Phi) is 3.98. The lowest BCUT2D eigenvalue weighted by Crippen LogP contribution is -2.34. The van der Waals surface area contributed by atoms with E-state index in [0.29, 0.717) is 18.7 Å². The molecule has 0 spiro atoms. The van der Waals surface area contributed by atoms with Crippen molar-refractivity contribution in [1.29, 1.82) is 0 Å². The van der Waals surface area contributed by atoms with Crippen molar-refractivity contribution in [1.82, 2.24) is 4.98 Å². The van der Waals surface area contributed by atoms with Gasteiger partial charge in [-0.05, 0) is 12.5 Å². The molecule has 0 aliphatic heterocycles. The lowest BCUT2D eigenvalue weighted by atomic mass is 10.3. The number of alkyl halides is 3. The molecule has 0 aliphatic carbocycles. The fourth-order valence-electron chi connectivity index (χ4n) is 1.42. The Balaban J connectivity index is 2.85. The Bertz CT molecular complexity index is 338. The summed E-state index contributed by atoms with van der Waals surface area (Å²) < 4.78 is 37.0. The van der Waals surface area contributed by atoms with E-state index in [9.17, 15) is 13.2 Å². The molecule has 0 radical (unpaired) electrons. The van der Waals surface area contributed by atoms with Gasteiger partial charge in [-0.3, -0.25) is 0 Å². The molecular formula is C10H14F3N3. The number of pyridine rings is 1. The van der Waals surface area contributed by atoms with E-state index in [0.717, 1.165) is 0 Å². The zero-order valence-corrected chi connectivity index (χ0v) is 8.96. The second-order valence-corrected chi connectivity index (χ2v) is 3.48. The van der Waals surface area contributed by atoms with E-state index in [1.54, 1.807) is 0 Å². The Labute approximate surface area is 92.1 Å². The molecule has 0 atom stereocenters. The third-order valence-corrected chi connectivity index (χ3v) is 1.99. The van der Waals surface area contributed by atoms with Gasteiger partial charge in [0.15, 0.2) is 0 Å². The van der Waals surface area contributed by atoms with Gasteiger partial charge in [0, 0.05) is 24.5 Å². The number of rotatable bonds is 4. The molecule has 1 aromatic rings. The molecule has 0 aromatic carbocycles. The highest BCUT2D eigenvalue weighted by atomic mass is 19.4. The van der Waals surface area contributed by atoms with Crippen LogP contribution in [0.2, 0.25) is 0 Å². The lowest BCUT2D eigenvalue weighted by molar-refractivity contribution is -0.119. The first-order valence-electron chi connectivity index (χ1n) is 4.95. The molecule has 1 heterocycles. The van der Waals surface area contributed by atoms with E-state index in [4.69, 9.17) is 5.73 Å². The zero-order chi connectivity index (χ0) is 12.2. The van der Waals surface area contributed by atoms with Crippen LogP contribution in [0.1, 0.15) is 13.3 Å². The van der Waals surface area contributed by atoms with Crippen molar-refractivity contribution < 1.29 is 13.2 Å². The molecule has 6 heteroatoms. The zero-order valence-electron chi connectivity index (χ0n) is 8.96. The highest BCUT2D eigenvalue weighted by Crippen LogP contribution is 2.22.